The first-order valence-corrected chi connectivity index (χ1v) is 8.40. The highest BCUT2D eigenvalue weighted by atomic mass is 16.5. The Kier molecular flexibility index (Phi) is 5.51. The second-order valence-corrected chi connectivity index (χ2v) is 5.89. The zero-order chi connectivity index (χ0) is 19.2. The number of amides is 3. The second-order valence-electron chi connectivity index (χ2n) is 5.89. The van der Waals surface area contributed by atoms with Crippen LogP contribution in [-0.2, 0) is 20.7 Å². The average molecular weight is 365 g/mol. The van der Waals surface area contributed by atoms with E-state index >= 15 is 0 Å². The van der Waals surface area contributed by atoms with Gasteiger partial charge in [0, 0.05) is 29.7 Å². The fraction of sp³-hybridized carbons (Fsp3) is 0.150. The lowest BCUT2D eigenvalue weighted by Gasteiger charge is -2.17. The number of ether oxygens (including phenoxy) is 1. The van der Waals surface area contributed by atoms with Crippen LogP contribution in [0.25, 0.3) is 10.9 Å². The molecule has 1 heterocycles. The van der Waals surface area contributed by atoms with Crippen LogP contribution in [0.2, 0.25) is 0 Å². The number of aromatic amines is 1. The summed E-state index contributed by atoms with van der Waals surface area (Å²) in [5.74, 6) is -1.28. The number of carbonyl (C=O) groups is 3. The van der Waals surface area contributed by atoms with Gasteiger partial charge in [-0.1, -0.05) is 48.5 Å². The van der Waals surface area contributed by atoms with E-state index in [2.05, 4.69) is 15.6 Å². The molecule has 138 valence electrons. The van der Waals surface area contributed by atoms with E-state index in [1.165, 1.54) is 7.05 Å². The van der Waals surface area contributed by atoms with E-state index < -0.39 is 24.0 Å². The summed E-state index contributed by atoms with van der Waals surface area (Å²) in [6.07, 6.45) is 0.524. The molecule has 1 aromatic heterocycles. The molecule has 3 amide bonds. The van der Waals surface area contributed by atoms with Gasteiger partial charge in [-0.2, -0.15) is 0 Å². The number of nitrogens with one attached hydrogen (secondary N) is 3. The van der Waals surface area contributed by atoms with Crippen molar-refractivity contribution in [2.75, 3.05) is 7.05 Å². The number of aromatic nitrogens is 1. The number of carbonyl (C=O) groups excluding carboxylic acids is 3. The number of hydrogen-bond acceptors (Lipinski definition) is 4. The Hall–Kier alpha value is -3.61. The zero-order valence-electron chi connectivity index (χ0n) is 14.7. The second kappa shape index (κ2) is 8.18. The van der Waals surface area contributed by atoms with Crippen LogP contribution in [-0.4, -0.2) is 29.9 Å². The van der Waals surface area contributed by atoms with Crippen LogP contribution in [0, 0.1) is 0 Å². The largest absolute Gasteiger partial charge is 0.447 e. The van der Waals surface area contributed by atoms with Crippen LogP contribution in [0.1, 0.15) is 17.2 Å². The molecular weight excluding hydrogens is 346 g/mol. The Bertz CT molecular complexity index is 966. The molecule has 0 aliphatic heterocycles. The maximum absolute atomic E-state index is 12.5. The lowest BCUT2D eigenvalue weighted by atomic mass is 10.1. The van der Waals surface area contributed by atoms with Crippen molar-refractivity contribution in [3.05, 3.63) is 71.9 Å². The number of benzene rings is 2. The quantitative estimate of drug-likeness (QED) is 0.605. The summed E-state index contributed by atoms with van der Waals surface area (Å²) in [4.78, 5) is 39.4. The van der Waals surface area contributed by atoms with Crippen molar-refractivity contribution in [3.63, 3.8) is 0 Å². The van der Waals surface area contributed by atoms with Crippen molar-refractivity contribution in [2.45, 2.75) is 12.5 Å². The normalized spacial score (nSPS) is 11.6. The molecule has 0 saturated carbocycles. The fourth-order valence-electron chi connectivity index (χ4n) is 2.75. The highest BCUT2D eigenvalue weighted by molar-refractivity contribution is 5.98. The Balaban J connectivity index is 1.77. The summed E-state index contributed by atoms with van der Waals surface area (Å²) < 4.78 is 5.42. The molecule has 2 aromatic carbocycles. The number of H-pyrrole nitrogens is 1. The fourth-order valence-corrected chi connectivity index (χ4v) is 2.75. The smallest absolute Gasteiger partial charge is 0.321 e. The van der Waals surface area contributed by atoms with Gasteiger partial charge in [0.1, 0.15) is 0 Å². The van der Waals surface area contributed by atoms with Crippen LogP contribution in [0.4, 0.5) is 4.79 Å². The predicted molar refractivity (Wildman–Crippen MR) is 99.9 cm³/mol. The minimum atomic E-state index is -1.22. The van der Waals surface area contributed by atoms with Crippen molar-refractivity contribution in [2.24, 2.45) is 0 Å². The molecule has 1 unspecified atom stereocenters. The summed E-state index contributed by atoms with van der Waals surface area (Å²) in [5, 5.41) is 5.36. The summed E-state index contributed by atoms with van der Waals surface area (Å²) in [5.41, 5.74) is 2.16. The van der Waals surface area contributed by atoms with Gasteiger partial charge in [0.25, 0.3) is 5.91 Å². The molecule has 0 aliphatic rings. The molecule has 0 radical (unpaired) electrons. The van der Waals surface area contributed by atoms with Gasteiger partial charge in [0.15, 0.2) is 0 Å². The average Bonchev–Trinajstić information content (AvgIpc) is 3.09. The number of fused-ring (bicyclic) bond motifs is 1. The van der Waals surface area contributed by atoms with Gasteiger partial charge in [-0.15, -0.1) is 0 Å². The van der Waals surface area contributed by atoms with Crippen LogP contribution in [0.5, 0.6) is 0 Å². The van der Waals surface area contributed by atoms with Crippen molar-refractivity contribution < 1.29 is 19.1 Å². The van der Waals surface area contributed by atoms with Gasteiger partial charge in [-0.05, 0) is 11.6 Å². The highest BCUT2D eigenvalue weighted by Crippen LogP contribution is 2.21. The van der Waals surface area contributed by atoms with E-state index in [0.717, 1.165) is 16.5 Å². The van der Waals surface area contributed by atoms with Crippen LogP contribution in [0.15, 0.2) is 60.8 Å². The number of rotatable bonds is 5. The molecule has 0 aliphatic carbocycles. The van der Waals surface area contributed by atoms with Crippen LogP contribution in [0.3, 0.4) is 0 Å². The number of hydrogen-bond donors (Lipinski definition) is 3. The van der Waals surface area contributed by atoms with Gasteiger partial charge in [-0.3, -0.25) is 14.9 Å². The topological polar surface area (TPSA) is 100 Å². The first-order valence-electron chi connectivity index (χ1n) is 8.40. The Morgan fingerprint density at radius 3 is 2.48 bits per heavy atom. The van der Waals surface area contributed by atoms with Crippen molar-refractivity contribution in [3.8, 4) is 0 Å². The molecule has 1 atom stereocenters. The first-order chi connectivity index (χ1) is 13.1. The Morgan fingerprint density at radius 2 is 1.74 bits per heavy atom. The van der Waals surface area contributed by atoms with E-state index in [1.54, 1.807) is 36.5 Å². The standard InChI is InChI=1S/C20H19N3O4/c1-21-20(26)23-19(25)18(13-7-3-2-4-8-13)27-17(24)11-14-12-22-16-10-6-5-9-15(14)16/h2-10,12,18,22H,11H2,1H3,(H2,21,23,25,26). The molecule has 0 saturated heterocycles. The van der Waals surface area contributed by atoms with Gasteiger partial charge >= 0.3 is 12.0 Å². The summed E-state index contributed by atoms with van der Waals surface area (Å²) in [6.45, 7) is 0. The van der Waals surface area contributed by atoms with Gasteiger partial charge in [-0.25, -0.2) is 4.79 Å². The first kappa shape index (κ1) is 18.2. The van der Waals surface area contributed by atoms with Crippen molar-refractivity contribution in [1.82, 2.24) is 15.6 Å². The third kappa shape index (κ3) is 4.33. The minimum Gasteiger partial charge on any atom is -0.447 e. The van der Waals surface area contributed by atoms with Crippen molar-refractivity contribution in [1.29, 1.82) is 0 Å². The monoisotopic (exact) mass is 365 g/mol. The van der Waals surface area contributed by atoms with Gasteiger partial charge in [0.2, 0.25) is 6.10 Å². The van der Waals surface area contributed by atoms with Crippen molar-refractivity contribution >= 4 is 28.8 Å². The Labute approximate surface area is 155 Å². The van der Waals surface area contributed by atoms with Gasteiger partial charge < -0.3 is 15.0 Å². The molecule has 0 spiro atoms. The van der Waals surface area contributed by atoms with Crippen LogP contribution >= 0.6 is 0 Å². The number of para-hydroxylation sites is 1. The van der Waals surface area contributed by atoms with E-state index in [1.807, 2.05) is 24.3 Å². The summed E-state index contributed by atoms with van der Waals surface area (Å²) >= 11 is 0. The van der Waals surface area contributed by atoms with E-state index in [-0.39, 0.29) is 6.42 Å². The lowest BCUT2D eigenvalue weighted by molar-refractivity contribution is -0.155. The third-order valence-electron chi connectivity index (χ3n) is 4.06. The highest BCUT2D eigenvalue weighted by Gasteiger charge is 2.26. The molecule has 0 bridgehead atoms. The van der Waals surface area contributed by atoms with Gasteiger partial charge in [0.05, 0.1) is 6.42 Å². The number of urea groups is 1. The number of imide groups is 1. The minimum absolute atomic E-state index is 0.000596. The number of esters is 1. The Morgan fingerprint density at radius 1 is 1.04 bits per heavy atom. The molecular formula is C20H19N3O4. The molecule has 7 nitrogen and oxygen atoms in total. The zero-order valence-corrected chi connectivity index (χ0v) is 14.7. The van der Waals surface area contributed by atoms with E-state index in [9.17, 15) is 14.4 Å². The SMILES string of the molecule is CNC(=O)NC(=O)C(OC(=O)Cc1c[nH]c2ccccc12)c1ccccc1. The van der Waals surface area contributed by atoms with Crippen LogP contribution < -0.4 is 10.6 Å². The maximum Gasteiger partial charge on any atom is 0.321 e. The molecule has 3 aromatic rings. The summed E-state index contributed by atoms with van der Waals surface area (Å²) in [7, 11) is 1.39. The lowest BCUT2D eigenvalue weighted by Crippen LogP contribution is -2.41. The molecule has 3 N–H and O–H groups in total. The van der Waals surface area contributed by atoms with E-state index in [0.29, 0.717) is 5.56 Å². The predicted octanol–water partition coefficient (Wildman–Crippen LogP) is 2.45. The molecule has 7 heteroatoms. The molecule has 0 fully saturated rings. The molecule has 3 rings (SSSR count). The maximum atomic E-state index is 12.5. The summed E-state index contributed by atoms with van der Waals surface area (Å²) in [6, 6.07) is 15.5. The third-order valence-corrected chi connectivity index (χ3v) is 4.06. The molecule has 27 heavy (non-hydrogen) atoms. The van der Waals surface area contributed by atoms with E-state index in [4.69, 9.17) is 4.74 Å².